The van der Waals surface area contributed by atoms with Gasteiger partial charge in [-0.15, -0.1) is 0 Å². The number of nitrogens with one attached hydrogen (secondary N) is 3. The maximum atomic E-state index is 12.8. The van der Waals surface area contributed by atoms with Crippen LogP contribution in [0.25, 0.3) is 0 Å². The molecule has 3 rings (SSSR count). The molecule has 1 fully saturated rings. The van der Waals surface area contributed by atoms with E-state index in [0.29, 0.717) is 16.9 Å². The third-order valence-electron chi connectivity index (χ3n) is 4.90. The van der Waals surface area contributed by atoms with Crippen molar-refractivity contribution in [1.29, 1.82) is 0 Å². The molecule has 0 spiro atoms. The molecule has 1 aliphatic carbocycles. The molecule has 6 nitrogen and oxygen atoms in total. The van der Waals surface area contributed by atoms with Crippen molar-refractivity contribution in [3.8, 4) is 0 Å². The van der Waals surface area contributed by atoms with Gasteiger partial charge in [0.25, 0.3) is 5.91 Å². The quantitative estimate of drug-likeness (QED) is 0.670. The van der Waals surface area contributed by atoms with Gasteiger partial charge < -0.3 is 16.0 Å². The van der Waals surface area contributed by atoms with E-state index in [1.807, 2.05) is 32.9 Å². The van der Waals surface area contributed by atoms with E-state index in [-0.39, 0.29) is 29.6 Å². The van der Waals surface area contributed by atoms with Crippen molar-refractivity contribution >= 4 is 29.1 Å². The van der Waals surface area contributed by atoms with Crippen LogP contribution in [-0.4, -0.2) is 23.8 Å². The number of carbonyl (C=O) groups is 3. The van der Waals surface area contributed by atoms with Crippen LogP contribution in [0.1, 0.15) is 42.6 Å². The van der Waals surface area contributed by atoms with Gasteiger partial charge >= 0.3 is 0 Å². The Bertz CT molecular complexity index is 902. The van der Waals surface area contributed by atoms with Gasteiger partial charge in [-0.05, 0) is 56.0 Å². The highest BCUT2D eigenvalue weighted by molar-refractivity contribution is 6.02. The molecule has 0 aliphatic heterocycles. The summed E-state index contributed by atoms with van der Waals surface area (Å²) in [5.74, 6) is -0.563. The summed E-state index contributed by atoms with van der Waals surface area (Å²) in [6, 6.07) is 13.6. The first-order chi connectivity index (χ1) is 13.8. The van der Waals surface area contributed by atoms with Gasteiger partial charge in [-0.3, -0.25) is 14.4 Å². The van der Waals surface area contributed by atoms with Crippen LogP contribution in [0.3, 0.4) is 0 Å². The number of anilines is 2. The molecule has 0 heterocycles. The van der Waals surface area contributed by atoms with Crippen molar-refractivity contribution in [3.63, 3.8) is 0 Å². The zero-order chi connectivity index (χ0) is 21.0. The molecule has 2 aromatic rings. The van der Waals surface area contributed by atoms with E-state index in [2.05, 4.69) is 16.0 Å². The molecule has 3 N–H and O–H groups in total. The van der Waals surface area contributed by atoms with Crippen LogP contribution in [-0.2, 0) is 9.59 Å². The number of aryl methyl sites for hydroxylation is 1. The Kier molecular flexibility index (Phi) is 6.32. The maximum absolute atomic E-state index is 12.8. The van der Waals surface area contributed by atoms with Crippen LogP contribution < -0.4 is 16.0 Å². The molecule has 0 bridgehead atoms. The monoisotopic (exact) mass is 393 g/mol. The summed E-state index contributed by atoms with van der Waals surface area (Å²) >= 11 is 0. The number of carbonyl (C=O) groups excluding carboxylic acids is 3. The van der Waals surface area contributed by atoms with Crippen molar-refractivity contribution in [2.45, 2.75) is 39.7 Å². The van der Waals surface area contributed by atoms with Crippen LogP contribution in [0.5, 0.6) is 0 Å². The van der Waals surface area contributed by atoms with Crippen molar-refractivity contribution in [1.82, 2.24) is 5.32 Å². The first-order valence-corrected chi connectivity index (χ1v) is 9.93. The largest absolute Gasteiger partial charge is 0.340 e. The molecule has 1 unspecified atom stereocenters. The lowest BCUT2D eigenvalue weighted by atomic mass is 10.0. The highest BCUT2D eigenvalue weighted by Crippen LogP contribution is 2.30. The Hall–Kier alpha value is -3.15. The molecule has 1 saturated carbocycles. The number of hydrogen-bond acceptors (Lipinski definition) is 3. The number of amides is 3. The Morgan fingerprint density at radius 3 is 2.14 bits per heavy atom. The van der Waals surface area contributed by atoms with Gasteiger partial charge in [-0.2, -0.15) is 0 Å². The summed E-state index contributed by atoms with van der Waals surface area (Å²) in [4.78, 5) is 37.3. The third kappa shape index (κ3) is 5.67. The molecule has 1 aliphatic rings. The number of benzene rings is 2. The molecule has 3 amide bonds. The second-order valence-corrected chi connectivity index (χ2v) is 7.89. The lowest BCUT2D eigenvalue weighted by Gasteiger charge is -2.22. The molecule has 0 radical (unpaired) electrons. The molecular weight excluding hydrogens is 366 g/mol. The van der Waals surface area contributed by atoms with Gasteiger partial charge in [0.1, 0.15) is 6.04 Å². The fourth-order valence-electron chi connectivity index (χ4n) is 2.95. The maximum Gasteiger partial charge on any atom is 0.251 e. The van der Waals surface area contributed by atoms with E-state index < -0.39 is 6.04 Å². The second-order valence-electron chi connectivity index (χ2n) is 7.89. The Morgan fingerprint density at radius 1 is 0.931 bits per heavy atom. The summed E-state index contributed by atoms with van der Waals surface area (Å²) in [5, 5.41) is 8.53. The second kappa shape index (κ2) is 8.90. The Balaban J connectivity index is 1.65. The Labute approximate surface area is 171 Å². The van der Waals surface area contributed by atoms with Crippen LogP contribution in [0, 0.1) is 18.8 Å². The third-order valence-corrected chi connectivity index (χ3v) is 4.90. The van der Waals surface area contributed by atoms with Gasteiger partial charge in [-0.1, -0.05) is 37.6 Å². The summed E-state index contributed by atoms with van der Waals surface area (Å²) in [6.45, 7) is 5.71. The summed E-state index contributed by atoms with van der Waals surface area (Å²) in [5.41, 5.74) is 2.79. The predicted octanol–water partition coefficient (Wildman–Crippen LogP) is 3.74. The van der Waals surface area contributed by atoms with E-state index in [1.54, 1.807) is 36.4 Å². The minimum absolute atomic E-state index is 0.0129. The van der Waals surface area contributed by atoms with Gasteiger partial charge in [0.15, 0.2) is 0 Å². The van der Waals surface area contributed by atoms with Crippen molar-refractivity contribution in [2.75, 3.05) is 10.6 Å². The molecule has 0 aromatic heterocycles. The van der Waals surface area contributed by atoms with Crippen LogP contribution in [0.4, 0.5) is 11.4 Å². The van der Waals surface area contributed by atoms with Crippen molar-refractivity contribution in [2.24, 2.45) is 11.8 Å². The molecule has 0 saturated heterocycles. The van der Waals surface area contributed by atoms with Crippen molar-refractivity contribution < 1.29 is 14.4 Å². The first-order valence-electron chi connectivity index (χ1n) is 9.93. The van der Waals surface area contributed by atoms with Gasteiger partial charge in [0.2, 0.25) is 11.8 Å². The fourth-order valence-corrected chi connectivity index (χ4v) is 2.95. The first kappa shape index (κ1) is 20.6. The normalized spacial score (nSPS) is 14.2. The average Bonchev–Trinajstić information content (AvgIpc) is 3.51. The van der Waals surface area contributed by atoms with Crippen molar-refractivity contribution in [3.05, 3.63) is 59.7 Å². The minimum Gasteiger partial charge on any atom is -0.340 e. The molecule has 1 atom stereocenters. The van der Waals surface area contributed by atoms with E-state index in [9.17, 15) is 14.4 Å². The molecule has 152 valence electrons. The van der Waals surface area contributed by atoms with Gasteiger partial charge in [-0.25, -0.2) is 0 Å². The molecule has 29 heavy (non-hydrogen) atoms. The number of rotatable bonds is 7. The van der Waals surface area contributed by atoms with Gasteiger partial charge in [0, 0.05) is 22.9 Å². The zero-order valence-electron chi connectivity index (χ0n) is 17.0. The smallest absolute Gasteiger partial charge is 0.251 e. The number of hydrogen-bond donors (Lipinski definition) is 3. The minimum atomic E-state index is -0.687. The Morgan fingerprint density at radius 2 is 1.55 bits per heavy atom. The summed E-state index contributed by atoms with van der Waals surface area (Å²) < 4.78 is 0. The van der Waals surface area contributed by atoms with Gasteiger partial charge in [0.05, 0.1) is 0 Å². The molecular formula is C23H27N3O3. The van der Waals surface area contributed by atoms with E-state index in [4.69, 9.17) is 0 Å². The SMILES string of the molecule is Cc1ccc(C(=O)NC(C(=O)Nc2cccc(NC(=O)C3CC3)c2)C(C)C)cc1. The van der Waals surface area contributed by atoms with E-state index in [1.165, 1.54) is 0 Å². The topological polar surface area (TPSA) is 87.3 Å². The van der Waals surface area contributed by atoms with Crippen LogP contribution in [0.2, 0.25) is 0 Å². The van der Waals surface area contributed by atoms with E-state index >= 15 is 0 Å². The standard InChI is InChI=1S/C23H27N3O3/c1-14(2)20(26-22(28)16-9-7-15(3)8-10-16)23(29)25-19-6-4-5-18(13-19)24-21(27)17-11-12-17/h4-10,13-14,17,20H,11-12H2,1-3H3,(H,24,27)(H,25,29)(H,26,28). The highest BCUT2D eigenvalue weighted by Gasteiger charge is 2.29. The molecule has 6 heteroatoms. The highest BCUT2D eigenvalue weighted by atomic mass is 16.2. The lowest BCUT2D eigenvalue weighted by molar-refractivity contribution is -0.119. The lowest BCUT2D eigenvalue weighted by Crippen LogP contribution is -2.47. The zero-order valence-corrected chi connectivity index (χ0v) is 17.0. The van der Waals surface area contributed by atoms with Crippen LogP contribution >= 0.6 is 0 Å². The average molecular weight is 393 g/mol. The van der Waals surface area contributed by atoms with Crippen LogP contribution in [0.15, 0.2) is 48.5 Å². The fraction of sp³-hybridized carbons (Fsp3) is 0.348. The molecule has 2 aromatic carbocycles. The van der Waals surface area contributed by atoms with E-state index in [0.717, 1.165) is 18.4 Å². The summed E-state index contributed by atoms with van der Waals surface area (Å²) in [7, 11) is 0. The summed E-state index contributed by atoms with van der Waals surface area (Å²) in [6.07, 6.45) is 1.86. The predicted molar refractivity (Wildman–Crippen MR) is 114 cm³/mol.